The molecule has 0 bridgehead atoms. The van der Waals surface area contributed by atoms with Gasteiger partial charge in [0.1, 0.15) is 28.8 Å². The van der Waals surface area contributed by atoms with Crippen LogP contribution in [0, 0.1) is 34.9 Å². The molecule has 5 aromatic carbocycles. The van der Waals surface area contributed by atoms with Crippen molar-refractivity contribution in [3.05, 3.63) is 137 Å². The first-order valence-corrected chi connectivity index (χ1v) is 14.7. The number of aryl methyl sites for hydroxylation is 1. The maximum absolute atomic E-state index is 15.2. The van der Waals surface area contributed by atoms with E-state index in [9.17, 15) is 30.7 Å². The Hall–Kier alpha value is -4.66. The zero-order chi connectivity index (χ0) is 33.0. The van der Waals surface area contributed by atoms with Gasteiger partial charge in [0.05, 0.1) is 0 Å². The Morgan fingerprint density at radius 3 is 1.57 bits per heavy atom. The average molecular weight is 641 g/mol. The largest absolute Gasteiger partial charge is 0.432 e. The number of rotatable bonds is 11. The number of alkyl halides is 2. The van der Waals surface area contributed by atoms with Gasteiger partial charge in [-0.3, -0.25) is 0 Å². The monoisotopic (exact) mass is 640 g/mol. The van der Waals surface area contributed by atoms with E-state index in [0.29, 0.717) is 23.3 Å². The first kappa shape index (κ1) is 32.7. The molecule has 0 aliphatic carbocycles. The van der Waals surface area contributed by atoms with Crippen molar-refractivity contribution in [2.45, 2.75) is 45.1 Å². The SMILES string of the molecule is CCCCCCc1ccc(-c2ccc(-c3ccc(-c4cc(F)c(C(F)(F)Oc5cc(F)c(F)c(F)c5)c(F)c4)c(F)c3)cc2)cc1. The molecule has 0 aromatic heterocycles. The highest BCUT2D eigenvalue weighted by atomic mass is 19.3. The standard InChI is InChI=1S/C37H28F8O/c1-2-3-4-5-6-22-7-9-23(10-8-22)24-11-13-25(14-12-24)26-15-16-29(30(38)17-26)27-18-31(39)35(32(40)19-27)37(44,45)46-28-20-33(41)36(43)34(42)21-28/h7-21H,2-6H2,1H3. The quantitative estimate of drug-likeness (QED) is 0.0793. The molecule has 9 heteroatoms. The number of hydrogen-bond donors (Lipinski definition) is 0. The van der Waals surface area contributed by atoms with E-state index in [1.54, 1.807) is 0 Å². The van der Waals surface area contributed by atoms with E-state index >= 15 is 4.39 Å². The lowest BCUT2D eigenvalue weighted by Crippen LogP contribution is -2.25. The zero-order valence-corrected chi connectivity index (χ0v) is 24.6. The first-order chi connectivity index (χ1) is 22.0. The van der Waals surface area contributed by atoms with Gasteiger partial charge in [0, 0.05) is 17.7 Å². The Labute approximate surface area is 261 Å². The normalized spacial score (nSPS) is 11.6. The third-order valence-corrected chi connectivity index (χ3v) is 7.64. The van der Waals surface area contributed by atoms with Crippen molar-refractivity contribution < 1.29 is 39.9 Å². The van der Waals surface area contributed by atoms with Crippen LogP contribution >= 0.6 is 0 Å². The van der Waals surface area contributed by atoms with Crippen molar-refractivity contribution >= 4 is 0 Å². The lowest BCUT2D eigenvalue weighted by Gasteiger charge is -2.20. The average Bonchev–Trinajstić information content (AvgIpc) is 3.01. The summed E-state index contributed by atoms with van der Waals surface area (Å²) in [5.41, 5.74) is 1.94. The summed E-state index contributed by atoms with van der Waals surface area (Å²) >= 11 is 0. The van der Waals surface area contributed by atoms with E-state index in [1.165, 1.54) is 37.0 Å². The van der Waals surface area contributed by atoms with Crippen molar-refractivity contribution in [1.82, 2.24) is 0 Å². The highest BCUT2D eigenvalue weighted by molar-refractivity contribution is 5.74. The summed E-state index contributed by atoms with van der Waals surface area (Å²) in [6.07, 6.45) is 1.07. The van der Waals surface area contributed by atoms with Crippen LogP contribution in [0.15, 0.2) is 91.0 Å². The molecule has 0 saturated heterocycles. The van der Waals surface area contributed by atoms with Crippen LogP contribution in [0.4, 0.5) is 35.1 Å². The third-order valence-electron chi connectivity index (χ3n) is 7.64. The second-order valence-corrected chi connectivity index (χ2v) is 10.9. The van der Waals surface area contributed by atoms with Gasteiger partial charge in [-0.25, -0.2) is 26.3 Å². The van der Waals surface area contributed by atoms with Crippen LogP contribution in [-0.4, -0.2) is 0 Å². The highest BCUT2D eigenvalue weighted by Crippen LogP contribution is 2.38. The third kappa shape index (κ3) is 7.25. The second-order valence-electron chi connectivity index (χ2n) is 10.9. The molecule has 0 amide bonds. The molecule has 0 aliphatic heterocycles. The van der Waals surface area contributed by atoms with E-state index in [-0.39, 0.29) is 23.3 Å². The molecule has 5 rings (SSSR count). The lowest BCUT2D eigenvalue weighted by atomic mass is 9.96. The van der Waals surface area contributed by atoms with Crippen molar-refractivity contribution in [1.29, 1.82) is 0 Å². The molecule has 0 unspecified atom stereocenters. The predicted octanol–water partition coefficient (Wildman–Crippen LogP) is 11.8. The Balaban J connectivity index is 1.32. The first-order valence-electron chi connectivity index (χ1n) is 14.7. The van der Waals surface area contributed by atoms with Gasteiger partial charge in [-0.15, -0.1) is 0 Å². The number of unbranched alkanes of at least 4 members (excludes halogenated alkanes) is 3. The molecule has 0 aliphatic rings. The van der Waals surface area contributed by atoms with Crippen molar-refractivity contribution in [2.75, 3.05) is 0 Å². The summed E-state index contributed by atoms with van der Waals surface area (Å²) < 4.78 is 118. The van der Waals surface area contributed by atoms with Crippen LogP contribution in [0.1, 0.15) is 43.7 Å². The fourth-order valence-corrected chi connectivity index (χ4v) is 5.20. The minimum Gasteiger partial charge on any atom is -0.429 e. The van der Waals surface area contributed by atoms with Crippen LogP contribution in [0.2, 0.25) is 0 Å². The molecular weight excluding hydrogens is 612 g/mol. The zero-order valence-electron chi connectivity index (χ0n) is 24.6. The van der Waals surface area contributed by atoms with Crippen LogP contribution < -0.4 is 4.74 Å². The van der Waals surface area contributed by atoms with Gasteiger partial charge in [0.15, 0.2) is 17.5 Å². The lowest BCUT2D eigenvalue weighted by molar-refractivity contribution is -0.189. The van der Waals surface area contributed by atoms with Crippen molar-refractivity contribution in [3.8, 4) is 39.1 Å². The van der Waals surface area contributed by atoms with Gasteiger partial charge in [0.2, 0.25) is 0 Å². The molecule has 0 N–H and O–H groups in total. The molecule has 238 valence electrons. The Morgan fingerprint density at radius 1 is 0.522 bits per heavy atom. The van der Waals surface area contributed by atoms with Crippen LogP contribution in [0.3, 0.4) is 0 Å². The number of ether oxygens (including phenoxy) is 1. The minimum atomic E-state index is -4.76. The number of halogens is 8. The molecule has 0 heterocycles. The molecule has 1 nitrogen and oxygen atoms in total. The molecule has 0 radical (unpaired) electrons. The van der Waals surface area contributed by atoms with E-state index in [1.807, 2.05) is 24.3 Å². The van der Waals surface area contributed by atoms with E-state index in [4.69, 9.17) is 0 Å². The van der Waals surface area contributed by atoms with E-state index in [0.717, 1.165) is 30.0 Å². The van der Waals surface area contributed by atoms with Crippen molar-refractivity contribution in [3.63, 3.8) is 0 Å². The Morgan fingerprint density at radius 2 is 1.02 bits per heavy atom. The summed E-state index contributed by atoms with van der Waals surface area (Å²) in [6, 6.07) is 20.9. The molecule has 0 saturated carbocycles. The number of benzene rings is 5. The van der Waals surface area contributed by atoms with Gasteiger partial charge in [-0.1, -0.05) is 86.8 Å². The van der Waals surface area contributed by atoms with Crippen LogP contribution in [0.5, 0.6) is 5.75 Å². The Bertz CT molecular complexity index is 1790. The summed E-state index contributed by atoms with van der Waals surface area (Å²) in [4.78, 5) is 0. The Kier molecular flexibility index (Phi) is 9.79. The van der Waals surface area contributed by atoms with Gasteiger partial charge in [0.25, 0.3) is 0 Å². The summed E-state index contributed by atoms with van der Waals surface area (Å²) in [5.74, 6) is -11.3. The molecule has 5 aromatic rings. The summed E-state index contributed by atoms with van der Waals surface area (Å²) in [5, 5.41) is 0. The smallest absolute Gasteiger partial charge is 0.429 e. The molecule has 0 atom stereocenters. The van der Waals surface area contributed by atoms with Gasteiger partial charge in [-0.2, -0.15) is 8.78 Å². The van der Waals surface area contributed by atoms with Crippen molar-refractivity contribution in [2.24, 2.45) is 0 Å². The number of hydrogen-bond acceptors (Lipinski definition) is 1. The van der Waals surface area contributed by atoms with Gasteiger partial charge < -0.3 is 4.74 Å². The van der Waals surface area contributed by atoms with E-state index < -0.39 is 52.3 Å². The van der Waals surface area contributed by atoms with Crippen LogP contribution in [0.25, 0.3) is 33.4 Å². The highest BCUT2D eigenvalue weighted by Gasteiger charge is 2.41. The molecular formula is C37H28F8O. The predicted molar refractivity (Wildman–Crippen MR) is 161 cm³/mol. The van der Waals surface area contributed by atoms with Gasteiger partial charge >= 0.3 is 6.11 Å². The van der Waals surface area contributed by atoms with Crippen LogP contribution in [-0.2, 0) is 12.5 Å². The topological polar surface area (TPSA) is 9.23 Å². The fraction of sp³-hybridized carbons (Fsp3) is 0.189. The van der Waals surface area contributed by atoms with E-state index in [2.05, 4.69) is 35.9 Å². The molecule has 46 heavy (non-hydrogen) atoms. The van der Waals surface area contributed by atoms with Gasteiger partial charge in [-0.05, 0) is 64.4 Å². The maximum Gasteiger partial charge on any atom is 0.432 e. The molecule has 0 fully saturated rings. The summed E-state index contributed by atoms with van der Waals surface area (Å²) in [7, 11) is 0. The molecule has 0 spiro atoms. The minimum absolute atomic E-state index is 0.105. The second kappa shape index (κ2) is 13.8. The maximum atomic E-state index is 15.2. The summed E-state index contributed by atoms with van der Waals surface area (Å²) in [6.45, 7) is 2.18. The fourth-order valence-electron chi connectivity index (χ4n) is 5.20.